The first-order valence-corrected chi connectivity index (χ1v) is 9.71. The van der Waals surface area contributed by atoms with Gasteiger partial charge in [-0.25, -0.2) is 4.39 Å². The van der Waals surface area contributed by atoms with Crippen LogP contribution in [0.15, 0.2) is 48.5 Å². The number of nitrogens with one attached hydrogen (secondary N) is 1. The van der Waals surface area contributed by atoms with Gasteiger partial charge in [-0.05, 0) is 48.2 Å². The summed E-state index contributed by atoms with van der Waals surface area (Å²) in [5.41, 5.74) is 2.02. The summed E-state index contributed by atoms with van der Waals surface area (Å²) >= 11 is 0. The van der Waals surface area contributed by atoms with Crippen LogP contribution in [-0.2, 0) is 22.7 Å². The standard InChI is InChI=1S/C22H22FN3O3/c23-18-4-1-3-16(11-18)12-24-21(28)17-8-6-15(7-9-17)13-25-14-20(27)26-10-2-5-19(26)22(25)29/h1,3-4,6-9,11,19H,2,5,10,12-14H2,(H,24,28)/t19-/m1/s1. The molecule has 4 rings (SSSR count). The number of nitrogens with zero attached hydrogens (tertiary/aromatic N) is 2. The minimum Gasteiger partial charge on any atom is -0.348 e. The van der Waals surface area contributed by atoms with E-state index in [9.17, 15) is 18.8 Å². The van der Waals surface area contributed by atoms with E-state index in [1.54, 1.807) is 46.2 Å². The Hall–Kier alpha value is -3.22. The normalized spacial score (nSPS) is 18.7. The van der Waals surface area contributed by atoms with Crippen LogP contribution < -0.4 is 5.32 Å². The minimum atomic E-state index is -0.340. The fourth-order valence-corrected chi connectivity index (χ4v) is 3.91. The average Bonchev–Trinajstić information content (AvgIpc) is 3.21. The van der Waals surface area contributed by atoms with Crippen LogP contribution in [0.1, 0.15) is 34.3 Å². The predicted molar refractivity (Wildman–Crippen MR) is 104 cm³/mol. The molecule has 2 saturated heterocycles. The number of piperazine rings is 1. The fourth-order valence-electron chi connectivity index (χ4n) is 3.91. The number of amides is 3. The maximum Gasteiger partial charge on any atom is 0.251 e. The molecule has 6 nitrogen and oxygen atoms in total. The first-order chi connectivity index (χ1) is 14.0. The first kappa shape index (κ1) is 19.1. The van der Waals surface area contributed by atoms with Gasteiger partial charge in [0.05, 0.1) is 0 Å². The zero-order valence-corrected chi connectivity index (χ0v) is 15.9. The third-order valence-corrected chi connectivity index (χ3v) is 5.43. The van der Waals surface area contributed by atoms with Crippen LogP contribution in [0.3, 0.4) is 0 Å². The molecule has 0 aromatic heterocycles. The molecule has 0 unspecified atom stereocenters. The molecule has 2 aromatic rings. The SMILES string of the molecule is O=C(NCc1cccc(F)c1)c1ccc(CN2CC(=O)N3CCC[C@@H]3C2=O)cc1. The Morgan fingerprint density at radius 2 is 1.90 bits per heavy atom. The molecular weight excluding hydrogens is 373 g/mol. The van der Waals surface area contributed by atoms with E-state index in [0.717, 1.165) is 18.4 Å². The van der Waals surface area contributed by atoms with E-state index >= 15 is 0 Å². The van der Waals surface area contributed by atoms with Crippen LogP contribution in [0.2, 0.25) is 0 Å². The lowest BCUT2D eigenvalue weighted by Gasteiger charge is -2.36. The zero-order valence-electron chi connectivity index (χ0n) is 15.9. The van der Waals surface area contributed by atoms with Gasteiger partial charge in [-0.1, -0.05) is 24.3 Å². The van der Waals surface area contributed by atoms with Gasteiger partial charge in [0.1, 0.15) is 18.4 Å². The van der Waals surface area contributed by atoms with E-state index in [0.29, 0.717) is 24.2 Å². The minimum absolute atomic E-state index is 0.000414. The quantitative estimate of drug-likeness (QED) is 0.843. The smallest absolute Gasteiger partial charge is 0.251 e. The number of rotatable bonds is 5. The Morgan fingerprint density at radius 3 is 2.66 bits per heavy atom. The Kier molecular flexibility index (Phi) is 5.29. The van der Waals surface area contributed by atoms with Crippen molar-refractivity contribution in [1.82, 2.24) is 15.1 Å². The number of carbonyl (C=O) groups excluding carboxylic acids is 3. The third-order valence-electron chi connectivity index (χ3n) is 5.43. The topological polar surface area (TPSA) is 69.7 Å². The van der Waals surface area contributed by atoms with Gasteiger partial charge in [-0.3, -0.25) is 14.4 Å². The molecule has 0 saturated carbocycles. The summed E-state index contributed by atoms with van der Waals surface area (Å²) in [5, 5.41) is 2.76. The summed E-state index contributed by atoms with van der Waals surface area (Å²) in [5.74, 6) is -0.598. The lowest BCUT2D eigenvalue weighted by molar-refractivity contribution is -0.154. The van der Waals surface area contributed by atoms with E-state index in [1.807, 2.05) is 0 Å². The summed E-state index contributed by atoms with van der Waals surface area (Å²) in [6.07, 6.45) is 1.60. The van der Waals surface area contributed by atoms with Crippen LogP contribution >= 0.6 is 0 Å². The monoisotopic (exact) mass is 395 g/mol. The molecule has 0 spiro atoms. The maximum atomic E-state index is 13.2. The average molecular weight is 395 g/mol. The van der Waals surface area contributed by atoms with Crippen molar-refractivity contribution in [2.24, 2.45) is 0 Å². The molecule has 0 aliphatic carbocycles. The Morgan fingerprint density at radius 1 is 1.10 bits per heavy atom. The molecule has 2 aliphatic heterocycles. The van der Waals surface area contributed by atoms with Crippen molar-refractivity contribution in [3.8, 4) is 0 Å². The highest BCUT2D eigenvalue weighted by Crippen LogP contribution is 2.24. The van der Waals surface area contributed by atoms with Crippen molar-refractivity contribution >= 4 is 17.7 Å². The van der Waals surface area contributed by atoms with Gasteiger partial charge < -0.3 is 15.1 Å². The Balaban J connectivity index is 1.35. The van der Waals surface area contributed by atoms with Crippen LogP contribution in [-0.4, -0.2) is 46.7 Å². The van der Waals surface area contributed by atoms with E-state index in [-0.39, 0.29) is 42.7 Å². The van der Waals surface area contributed by atoms with E-state index in [1.165, 1.54) is 12.1 Å². The number of hydrogen-bond acceptors (Lipinski definition) is 3. The highest BCUT2D eigenvalue weighted by Gasteiger charge is 2.41. The number of halogens is 1. The fraction of sp³-hybridized carbons (Fsp3) is 0.318. The molecule has 2 aromatic carbocycles. The van der Waals surface area contributed by atoms with Gasteiger partial charge in [0.15, 0.2) is 0 Å². The molecule has 1 atom stereocenters. The second-order valence-electron chi connectivity index (χ2n) is 7.45. The van der Waals surface area contributed by atoms with E-state index < -0.39 is 0 Å². The summed E-state index contributed by atoms with van der Waals surface area (Å²) < 4.78 is 13.2. The summed E-state index contributed by atoms with van der Waals surface area (Å²) in [6.45, 7) is 1.36. The third kappa shape index (κ3) is 4.13. The summed E-state index contributed by atoms with van der Waals surface area (Å²) in [7, 11) is 0. The number of benzene rings is 2. The molecular formula is C22H22FN3O3. The van der Waals surface area contributed by atoms with Gasteiger partial charge in [-0.15, -0.1) is 0 Å². The van der Waals surface area contributed by atoms with Crippen molar-refractivity contribution in [2.75, 3.05) is 13.1 Å². The van der Waals surface area contributed by atoms with Crippen LogP contribution in [0.25, 0.3) is 0 Å². The molecule has 0 bridgehead atoms. The lowest BCUT2D eigenvalue weighted by Crippen LogP contribution is -2.56. The van der Waals surface area contributed by atoms with Gasteiger partial charge >= 0.3 is 0 Å². The van der Waals surface area contributed by atoms with Crippen molar-refractivity contribution in [1.29, 1.82) is 0 Å². The zero-order chi connectivity index (χ0) is 20.4. The van der Waals surface area contributed by atoms with Crippen molar-refractivity contribution < 1.29 is 18.8 Å². The van der Waals surface area contributed by atoms with Gasteiger partial charge in [0, 0.05) is 25.2 Å². The highest BCUT2D eigenvalue weighted by molar-refractivity contribution is 5.95. The number of hydrogen-bond donors (Lipinski definition) is 1. The second-order valence-corrected chi connectivity index (χ2v) is 7.45. The molecule has 7 heteroatoms. The van der Waals surface area contributed by atoms with Crippen LogP contribution in [0.4, 0.5) is 4.39 Å². The van der Waals surface area contributed by atoms with Crippen LogP contribution in [0.5, 0.6) is 0 Å². The van der Waals surface area contributed by atoms with Gasteiger partial charge in [-0.2, -0.15) is 0 Å². The molecule has 2 fully saturated rings. The molecule has 29 heavy (non-hydrogen) atoms. The first-order valence-electron chi connectivity index (χ1n) is 9.71. The summed E-state index contributed by atoms with van der Waals surface area (Å²) in [6, 6.07) is 12.7. The van der Waals surface area contributed by atoms with E-state index in [2.05, 4.69) is 5.32 Å². The summed E-state index contributed by atoms with van der Waals surface area (Å²) in [4.78, 5) is 40.4. The Bertz CT molecular complexity index is 945. The van der Waals surface area contributed by atoms with Gasteiger partial charge in [0.2, 0.25) is 11.8 Å². The molecule has 0 radical (unpaired) electrons. The molecule has 150 valence electrons. The molecule has 2 heterocycles. The van der Waals surface area contributed by atoms with Crippen molar-refractivity contribution in [3.05, 3.63) is 71.0 Å². The largest absolute Gasteiger partial charge is 0.348 e. The van der Waals surface area contributed by atoms with Crippen molar-refractivity contribution in [3.63, 3.8) is 0 Å². The van der Waals surface area contributed by atoms with Gasteiger partial charge in [0.25, 0.3) is 5.91 Å². The molecule has 1 N–H and O–H groups in total. The van der Waals surface area contributed by atoms with E-state index in [4.69, 9.17) is 0 Å². The number of carbonyl (C=O) groups is 3. The second kappa shape index (κ2) is 8.03. The highest BCUT2D eigenvalue weighted by atomic mass is 19.1. The Labute approximate surface area is 168 Å². The molecule has 3 amide bonds. The molecule has 2 aliphatic rings. The predicted octanol–water partition coefficient (Wildman–Crippen LogP) is 2.09. The maximum absolute atomic E-state index is 13.2. The lowest BCUT2D eigenvalue weighted by atomic mass is 10.1. The van der Waals surface area contributed by atoms with Crippen molar-refractivity contribution in [2.45, 2.75) is 32.0 Å². The van der Waals surface area contributed by atoms with Crippen LogP contribution in [0, 0.1) is 5.82 Å². The number of fused-ring (bicyclic) bond motifs is 1.